The van der Waals surface area contributed by atoms with Crippen LogP contribution in [0.25, 0.3) is 0 Å². The van der Waals surface area contributed by atoms with Crippen LogP contribution in [0.1, 0.15) is 25.8 Å². The largest absolute Gasteiger partial charge is 0.425 e. The molecule has 2 N–H and O–H groups in total. The van der Waals surface area contributed by atoms with Crippen LogP contribution < -0.4 is 10.5 Å². The van der Waals surface area contributed by atoms with Gasteiger partial charge in [-0.25, -0.2) is 4.79 Å². The fourth-order valence-corrected chi connectivity index (χ4v) is 3.59. The van der Waals surface area contributed by atoms with Crippen molar-refractivity contribution in [3.8, 4) is 5.75 Å². The minimum atomic E-state index is -3.88. The average Bonchev–Trinajstić information content (AvgIpc) is 2.62. The van der Waals surface area contributed by atoms with Crippen molar-refractivity contribution in [2.75, 3.05) is 0 Å². The van der Waals surface area contributed by atoms with Crippen LogP contribution in [-0.4, -0.2) is 26.5 Å². The number of rotatable bonds is 8. The first-order valence-corrected chi connectivity index (χ1v) is 10.1. The number of carbonyl (C=O) groups is 1. The van der Waals surface area contributed by atoms with Crippen molar-refractivity contribution in [3.63, 3.8) is 0 Å². The third kappa shape index (κ3) is 6.16. The molecule has 3 atom stereocenters. The third-order valence-electron chi connectivity index (χ3n) is 4.28. The van der Waals surface area contributed by atoms with Crippen LogP contribution >= 0.6 is 0 Å². The lowest BCUT2D eigenvalue weighted by atomic mass is 9.98. The lowest BCUT2D eigenvalue weighted by molar-refractivity contribution is -0.136. The second-order valence-electron chi connectivity index (χ2n) is 6.62. The van der Waals surface area contributed by atoms with Crippen LogP contribution in [0.4, 0.5) is 0 Å². The molecule has 0 aromatic heterocycles. The molecule has 2 aromatic rings. The number of carbonyl (C=O) groups excluding carboxylic acids is 1. The second kappa shape index (κ2) is 9.12. The van der Waals surface area contributed by atoms with Gasteiger partial charge in [0.1, 0.15) is 11.8 Å². The van der Waals surface area contributed by atoms with Gasteiger partial charge in [-0.15, -0.1) is 0 Å². The Morgan fingerprint density at radius 3 is 2.22 bits per heavy atom. The molecule has 0 saturated carbocycles. The number of nitrogens with two attached hydrogens (primary N) is 1. The monoisotopic (exact) mass is 391 g/mol. The number of para-hydroxylation sites is 1. The first-order valence-electron chi connectivity index (χ1n) is 8.71. The van der Waals surface area contributed by atoms with Gasteiger partial charge in [-0.1, -0.05) is 42.8 Å². The van der Waals surface area contributed by atoms with Crippen LogP contribution in [0, 0.1) is 12.8 Å². The van der Waals surface area contributed by atoms with Crippen molar-refractivity contribution < 1.29 is 22.1 Å². The standard InChI is InChI=1S/C20H25NO5S/c1-14-9-11-18(12-10-14)27(23,24)26-16(3)15(2)13-19(21)20(22)25-17-7-5-4-6-8-17/h4-12,15-16,19H,13,21H2,1-3H3. The number of benzene rings is 2. The van der Waals surface area contributed by atoms with E-state index in [9.17, 15) is 13.2 Å². The molecule has 2 aromatic carbocycles. The van der Waals surface area contributed by atoms with Gasteiger partial charge in [-0.2, -0.15) is 8.42 Å². The van der Waals surface area contributed by atoms with Gasteiger partial charge in [0.15, 0.2) is 0 Å². The minimum Gasteiger partial charge on any atom is -0.425 e. The molecule has 6 nitrogen and oxygen atoms in total. The normalized spacial score (nSPS) is 15.0. The molecule has 27 heavy (non-hydrogen) atoms. The fraction of sp³-hybridized carbons (Fsp3) is 0.350. The first-order chi connectivity index (χ1) is 12.7. The van der Waals surface area contributed by atoms with Gasteiger partial charge in [0.25, 0.3) is 10.1 Å². The summed E-state index contributed by atoms with van der Waals surface area (Å²) < 4.78 is 35.3. The van der Waals surface area contributed by atoms with E-state index in [-0.39, 0.29) is 17.2 Å². The number of hydrogen-bond donors (Lipinski definition) is 1. The molecule has 3 unspecified atom stereocenters. The highest BCUT2D eigenvalue weighted by Crippen LogP contribution is 2.21. The average molecular weight is 391 g/mol. The maximum absolute atomic E-state index is 12.4. The van der Waals surface area contributed by atoms with Crippen molar-refractivity contribution in [1.29, 1.82) is 0 Å². The smallest absolute Gasteiger partial charge is 0.328 e. The summed E-state index contributed by atoms with van der Waals surface area (Å²) in [5, 5.41) is 0. The van der Waals surface area contributed by atoms with E-state index >= 15 is 0 Å². The van der Waals surface area contributed by atoms with Crippen molar-refractivity contribution >= 4 is 16.1 Å². The topological polar surface area (TPSA) is 95.7 Å². The number of ether oxygens (including phenoxy) is 1. The maximum atomic E-state index is 12.4. The predicted molar refractivity (Wildman–Crippen MR) is 103 cm³/mol. The zero-order valence-corrected chi connectivity index (χ0v) is 16.5. The second-order valence-corrected chi connectivity index (χ2v) is 8.19. The van der Waals surface area contributed by atoms with Gasteiger partial charge in [0.05, 0.1) is 11.0 Å². The number of esters is 1. The van der Waals surface area contributed by atoms with Gasteiger partial charge >= 0.3 is 5.97 Å². The molecule has 0 aliphatic carbocycles. The number of aryl methyl sites for hydroxylation is 1. The summed E-state index contributed by atoms with van der Waals surface area (Å²) >= 11 is 0. The van der Waals surface area contributed by atoms with Crippen molar-refractivity contribution in [2.45, 2.75) is 44.2 Å². The van der Waals surface area contributed by atoms with Crippen molar-refractivity contribution in [2.24, 2.45) is 11.7 Å². The van der Waals surface area contributed by atoms with Gasteiger partial charge < -0.3 is 10.5 Å². The van der Waals surface area contributed by atoms with E-state index < -0.39 is 28.2 Å². The van der Waals surface area contributed by atoms with Crippen molar-refractivity contribution in [1.82, 2.24) is 0 Å². The molecule has 0 saturated heterocycles. The van der Waals surface area contributed by atoms with Crippen LogP contribution in [0.3, 0.4) is 0 Å². The molecule has 0 aliphatic heterocycles. The first kappa shape index (κ1) is 21.1. The Morgan fingerprint density at radius 1 is 1.04 bits per heavy atom. The van der Waals surface area contributed by atoms with E-state index in [0.717, 1.165) is 5.56 Å². The van der Waals surface area contributed by atoms with E-state index in [4.69, 9.17) is 14.7 Å². The maximum Gasteiger partial charge on any atom is 0.328 e. The highest BCUT2D eigenvalue weighted by molar-refractivity contribution is 7.86. The fourth-order valence-electron chi connectivity index (χ4n) is 2.42. The molecule has 0 aliphatic rings. The molecule has 0 spiro atoms. The Hall–Kier alpha value is -2.22. The quantitative estimate of drug-likeness (QED) is 0.422. The summed E-state index contributed by atoms with van der Waals surface area (Å²) in [4.78, 5) is 12.2. The molecule has 2 rings (SSSR count). The van der Waals surface area contributed by atoms with E-state index in [1.807, 2.05) is 13.0 Å². The van der Waals surface area contributed by atoms with Gasteiger partial charge in [-0.3, -0.25) is 4.18 Å². The Kier molecular flexibility index (Phi) is 7.12. The summed E-state index contributed by atoms with van der Waals surface area (Å²) in [7, 11) is -3.88. The Balaban J connectivity index is 1.93. The highest BCUT2D eigenvalue weighted by Gasteiger charge is 2.27. The van der Waals surface area contributed by atoms with E-state index in [0.29, 0.717) is 5.75 Å². The van der Waals surface area contributed by atoms with Crippen LogP contribution in [-0.2, 0) is 19.1 Å². The van der Waals surface area contributed by atoms with Crippen LogP contribution in [0.5, 0.6) is 5.75 Å². The molecule has 7 heteroatoms. The Labute approximate surface area is 160 Å². The molecule has 0 amide bonds. The summed E-state index contributed by atoms with van der Waals surface area (Å²) in [5.41, 5.74) is 6.87. The van der Waals surface area contributed by atoms with Gasteiger partial charge in [-0.05, 0) is 50.5 Å². The SMILES string of the molecule is Cc1ccc(S(=O)(=O)OC(C)C(C)CC(N)C(=O)Oc2ccccc2)cc1. The Bertz CT molecular complexity index is 850. The summed E-state index contributed by atoms with van der Waals surface area (Å²) in [6.45, 7) is 5.30. The highest BCUT2D eigenvalue weighted by atomic mass is 32.2. The van der Waals surface area contributed by atoms with E-state index in [2.05, 4.69) is 0 Å². The lowest BCUT2D eigenvalue weighted by Crippen LogP contribution is -2.38. The number of hydrogen-bond acceptors (Lipinski definition) is 6. The molecular weight excluding hydrogens is 366 g/mol. The Morgan fingerprint density at radius 2 is 1.63 bits per heavy atom. The van der Waals surface area contributed by atoms with Crippen LogP contribution in [0.2, 0.25) is 0 Å². The molecule has 0 fully saturated rings. The summed E-state index contributed by atoms with van der Waals surface area (Å²) in [5.74, 6) is -0.429. The molecule has 146 valence electrons. The molecule has 0 heterocycles. The van der Waals surface area contributed by atoms with Gasteiger partial charge in [0.2, 0.25) is 0 Å². The summed E-state index contributed by atoms with van der Waals surface area (Å²) in [6, 6.07) is 14.2. The van der Waals surface area contributed by atoms with Gasteiger partial charge in [0, 0.05) is 0 Å². The van der Waals surface area contributed by atoms with Crippen molar-refractivity contribution in [3.05, 3.63) is 60.2 Å². The summed E-state index contributed by atoms with van der Waals surface area (Å²) in [6.07, 6.45) is -0.414. The van der Waals surface area contributed by atoms with Crippen LogP contribution in [0.15, 0.2) is 59.5 Å². The molecule has 0 bridgehead atoms. The lowest BCUT2D eigenvalue weighted by Gasteiger charge is -2.22. The van der Waals surface area contributed by atoms with E-state index in [1.54, 1.807) is 50.2 Å². The third-order valence-corrected chi connectivity index (χ3v) is 5.69. The predicted octanol–water partition coefficient (Wildman–Crippen LogP) is 3.05. The zero-order chi connectivity index (χ0) is 20.0. The molecular formula is C20H25NO5S. The minimum absolute atomic E-state index is 0.0972. The van der Waals surface area contributed by atoms with E-state index in [1.165, 1.54) is 12.1 Å². The molecule has 0 radical (unpaired) electrons. The zero-order valence-electron chi connectivity index (χ0n) is 15.7.